The van der Waals surface area contributed by atoms with Gasteiger partial charge in [-0.25, -0.2) is 4.79 Å². The van der Waals surface area contributed by atoms with Crippen LogP contribution < -0.4 is 5.32 Å². The number of carbonyl (C=O) groups excluding carboxylic acids is 1. The normalized spacial score (nSPS) is 20.6. The number of halogens is 1. The first-order chi connectivity index (χ1) is 9.72. The first kappa shape index (κ1) is 13.7. The lowest BCUT2D eigenvalue weighted by molar-refractivity contribution is -0.0189. The Balaban J connectivity index is 1.47. The topological polar surface area (TPSA) is 44.8 Å². The molecule has 0 aliphatic carbocycles. The second kappa shape index (κ2) is 5.99. The van der Waals surface area contributed by atoms with Gasteiger partial charge in [0.05, 0.1) is 13.2 Å². The molecular weight excluding hydrogens is 278 g/mol. The molecule has 5 nitrogen and oxygen atoms in total. The number of carbonyl (C=O) groups is 1. The summed E-state index contributed by atoms with van der Waals surface area (Å²) in [6.45, 7) is 5.12. The molecule has 0 atom stereocenters. The van der Waals surface area contributed by atoms with Crippen LogP contribution in [0, 0.1) is 0 Å². The Hall–Kier alpha value is -1.30. The maximum Gasteiger partial charge on any atom is 0.321 e. The van der Waals surface area contributed by atoms with Gasteiger partial charge in [-0.15, -0.1) is 0 Å². The Labute approximate surface area is 123 Å². The number of nitrogens with zero attached hydrogens (tertiary/aromatic N) is 2. The maximum atomic E-state index is 12.0. The molecule has 3 rings (SSSR count). The number of anilines is 1. The average Bonchev–Trinajstić information content (AvgIpc) is 2.41. The number of hydrogen-bond donors (Lipinski definition) is 1. The van der Waals surface area contributed by atoms with E-state index in [0.29, 0.717) is 11.1 Å². The highest BCUT2D eigenvalue weighted by Crippen LogP contribution is 2.19. The van der Waals surface area contributed by atoms with Crippen molar-refractivity contribution in [1.82, 2.24) is 9.80 Å². The van der Waals surface area contributed by atoms with Crippen molar-refractivity contribution in [3.05, 3.63) is 29.3 Å². The van der Waals surface area contributed by atoms with E-state index in [1.54, 1.807) is 24.3 Å². The molecule has 2 aliphatic rings. The van der Waals surface area contributed by atoms with Crippen molar-refractivity contribution >= 4 is 23.3 Å². The molecule has 0 bridgehead atoms. The minimum absolute atomic E-state index is 0.0446. The summed E-state index contributed by atoms with van der Waals surface area (Å²) in [4.78, 5) is 16.3. The lowest BCUT2D eigenvalue weighted by Crippen LogP contribution is -2.63. The molecule has 6 heteroatoms. The summed E-state index contributed by atoms with van der Waals surface area (Å²) < 4.78 is 5.34. The van der Waals surface area contributed by atoms with E-state index in [1.807, 2.05) is 4.90 Å². The van der Waals surface area contributed by atoms with Crippen LogP contribution in [0.1, 0.15) is 0 Å². The zero-order chi connectivity index (χ0) is 13.9. The fraction of sp³-hybridized carbons (Fsp3) is 0.500. The molecule has 0 spiro atoms. The SMILES string of the molecule is O=C(Nc1ccc(Cl)cc1)N1CC(N2CCOCC2)C1. The van der Waals surface area contributed by atoms with Gasteiger partial charge in [0.1, 0.15) is 0 Å². The lowest BCUT2D eigenvalue weighted by atomic mass is 10.1. The summed E-state index contributed by atoms with van der Waals surface area (Å²) in [6.07, 6.45) is 0. The second-order valence-corrected chi connectivity index (χ2v) is 5.58. The van der Waals surface area contributed by atoms with Gasteiger partial charge in [0, 0.05) is 42.9 Å². The molecule has 2 fully saturated rings. The number of rotatable bonds is 2. The summed E-state index contributed by atoms with van der Waals surface area (Å²) in [5, 5.41) is 3.55. The van der Waals surface area contributed by atoms with Crippen LogP contribution in [-0.4, -0.2) is 61.3 Å². The van der Waals surface area contributed by atoms with Crippen LogP contribution in [0.3, 0.4) is 0 Å². The molecule has 0 aromatic heterocycles. The molecule has 1 aromatic carbocycles. The van der Waals surface area contributed by atoms with E-state index in [-0.39, 0.29) is 6.03 Å². The maximum absolute atomic E-state index is 12.0. The van der Waals surface area contributed by atoms with Crippen molar-refractivity contribution in [1.29, 1.82) is 0 Å². The van der Waals surface area contributed by atoms with Crippen molar-refractivity contribution in [3.63, 3.8) is 0 Å². The molecule has 2 saturated heterocycles. The van der Waals surface area contributed by atoms with E-state index >= 15 is 0 Å². The van der Waals surface area contributed by atoms with Crippen LogP contribution in [0.2, 0.25) is 5.02 Å². The van der Waals surface area contributed by atoms with E-state index in [1.165, 1.54) is 0 Å². The monoisotopic (exact) mass is 295 g/mol. The Bertz CT molecular complexity index is 468. The van der Waals surface area contributed by atoms with Gasteiger partial charge in [-0.2, -0.15) is 0 Å². The minimum atomic E-state index is -0.0446. The molecule has 0 unspecified atom stereocenters. The summed E-state index contributed by atoms with van der Waals surface area (Å²) in [5.74, 6) is 0. The Morgan fingerprint density at radius 1 is 1.20 bits per heavy atom. The molecular formula is C14H18ClN3O2. The zero-order valence-electron chi connectivity index (χ0n) is 11.2. The van der Waals surface area contributed by atoms with Gasteiger partial charge in [-0.05, 0) is 24.3 Å². The van der Waals surface area contributed by atoms with Gasteiger partial charge in [0.15, 0.2) is 0 Å². The summed E-state index contributed by atoms with van der Waals surface area (Å²) in [7, 11) is 0. The highest BCUT2D eigenvalue weighted by molar-refractivity contribution is 6.30. The van der Waals surface area contributed by atoms with Gasteiger partial charge >= 0.3 is 6.03 Å². The summed E-state index contributed by atoms with van der Waals surface area (Å²) in [6, 6.07) is 7.58. The smallest absolute Gasteiger partial charge is 0.321 e. The largest absolute Gasteiger partial charge is 0.379 e. The van der Waals surface area contributed by atoms with E-state index in [0.717, 1.165) is 45.1 Å². The Morgan fingerprint density at radius 2 is 1.85 bits per heavy atom. The molecule has 2 heterocycles. The fourth-order valence-corrected chi connectivity index (χ4v) is 2.66. The van der Waals surface area contributed by atoms with Crippen molar-refractivity contribution in [2.24, 2.45) is 0 Å². The van der Waals surface area contributed by atoms with Gasteiger partial charge in [-0.1, -0.05) is 11.6 Å². The number of ether oxygens (including phenoxy) is 1. The van der Waals surface area contributed by atoms with Crippen molar-refractivity contribution in [3.8, 4) is 0 Å². The molecule has 0 saturated carbocycles. The Kier molecular flexibility index (Phi) is 4.10. The third-order valence-corrected chi connectivity index (χ3v) is 4.06. The molecule has 2 aliphatic heterocycles. The molecule has 2 amide bonds. The number of benzene rings is 1. The Morgan fingerprint density at radius 3 is 2.50 bits per heavy atom. The molecule has 1 N–H and O–H groups in total. The number of hydrogen-bond acceptors (Lipinski definition) is 3. The van der Waals surface area contributed by atoms with Crippen LogP contribution in [0.15, 0.2) is 24.3 Å². The molecule has 20 heavy (non-hydrogen) atoms. The lowest BCUT2D eigenvalue weighted by Gasteiger charge is -2.46. The van der Waals surface area contributed by atoms with Gasteiger partial charge < -0.3 is 15.0 Å². The van der Waals surface area contributed by atoms with Crippen LogP contribution >= 0.6 is 11.6 Å². The molecule has 0 radical (unpaired) electrons. The predicted molar refractivity (Wildman–Crippen MR) is 78.2 cm³/mol. The minimum Gasteiger partial charge on any atom is -0.379 e. The van der Waals surface area contributed by atoms with Crippen LogP contribution in [0.4, 0.5) is 10.5 Å². The summed E-state index contributed by atoms with van der Waals surface area (Å²) in [5.41, 5.74) is 0.772. The number of nitrogens with one attached hydrogen (secondary N) is 1. The highest BCUT2D eigenvalue weighted by Gasteiger charge is 2.35. The quantitative estimate of drug-likeness (QED) is 0.906. The van der Waals surface area contributed by atoms with Crippen LogP contribution in [0.5, 0.6) is 0 Å². The van der Waals surface area contributed by atoms with E-state index in [2.05, 4.69) is 10.2 Å². The van der Waals surface area contributed by atoms with Crippen LogP contribution in [-0.2, 0) is 4.74 Å². The predicted octanol–water partition coefficient (Wildman–Crippen LogP) is 1.89. The van der Waals surface area contributed by atoms with Gasteiger partial charge in [0.2, 0.25) is 0 Å². The zero-order valence-corrected chi connectivity index (χ0v) is 12.0. The third-order valence-electron chi connectivity index (χ3n) is 3.81. The number of morpholine rings is 1. The first-order valence-electron chi connectivity index (χ1n) is 6.86. The van der Waals surface area contributed by atoms with E-state index in [4.69, 9.17) is 16.3 Å². The average molecular weight is 296 g/mol. The number of urea groups is 1. The molecule has 1 aromatic rings. The summed E-state index contributed by atoms with van der Waals surface area (Å²) >= 11 is 5.82. The van der Waals surface area contributed by atoms with E-state index in [9.17, 15) is 4.79 Å². The number of likely N-dealkylation sites (tertiary alicyclic amines) is 1. The standard InChI is InChI=1S/C14H18ClN3O2/c15-11-1-3-12(4-2-11)16-14(19)18-9-13(10-18)17-5-7-20-8-6-17/h1-4,13H,5-10H2,(H,16,19). The third kappa shape index (κ3) is 3.06. The van der Waals surface area contributed by atoms with E-state index < -0.39 is 0 Å². The van der Waals surface area contributed by atoms with Gasteiger partial charge in [-0.3, -0.25) is 4.90 Å². The molecule has 108 valence electrons. The van der Waals surface area contributed by atoms with Crippen LogP contribution in [0.25, 0.3) is 0 Å². The van der Waals surface area contributed by atoms with Crippen molar-refractivity contribution in [2.75, 3.05) is 44.7 Å². The fourth-order valence-electron chi connectivity index (χ4n) is 2.53. The van der Waals surface area contributed by atoms with Crippen molar-refractivity contribution in [2.45, 2.75) is 6.04 Å². The highest BCUT2D eigenvalue weighted by atomic mass is 35.5. The second-order valence-electron chi connectivity index (χ2n) is 5.14. The number of amides is 2. The van der Waals surface area contributed by atoms with Gasteiger partial charge in [0.25, 0.3) is 0 Å². The first-order valence-corrected chi connectivity index (χ1v) is 7.23. The van der Waals surface area contributed by atoms with Crippen molar-refractivity contribution < 1.29 is 9.53 Å².